The first-order valence-electron chi connectivity index (χ1n) is 7.30. The molecule has 6 nitrogen and oxygen atoms in total. The van der Waals surface area contributed by atoms with Crippen molar-refractivity contribution in [3.8, 4) is 0 Å². The molecule has 0 saturated carbocycles. The Morgan fingerprint density at radius 1 is 1.55 bits per heavy atom. The number of nitrogens with zero attached hydrogens (tertiary/aromatic N) is 2. The molecular formula is C14H24N4O2. The molecule has 1 saturated heterocycles. The van der Waals surface area contributed by atoms with Crippen molar-refractivity contribution in [3.05, 3.63) is 12.4 Å². The summed E-state index contributed by atoms with van der Waals surface area (Å²) in [6.45, 7) is 3.48. The van der Waals surface area contributed by atoms with Gasteiger partial charge >= 0.3 is 0 Å². The highest BCUT2D eigenvalue weighted by molar-refractivity contribution is 5.90. The van der Waals surface area contributed by atoms with Gasteiger partial charge in [0, 0.05) is 19.7 Å². The molecule has 1 aromatic rings. The predicted molar refractivity (Wildman–Crippen MR) is 77.6 cm³/mol. The smallest absolute Gasteiger partial charge is 0.224 e. The number of hydrogen-bond acceptors (Lipinski definition) is 4. The monoisotopic (exact) mass is 280 g/mol. The summed E-state index contributed by atoms with van der Waals surface area (Å²) < 4.78 is 6.76. The van der Waals surface area contributed by atoms with Crippen molar-refractivity contribution in [1.82, 2.24) is 15.1 Å². The van der Waals surface area contributed by atoms with Crippen LogP contribution in [-0.4, -0.2) is 42.5 Å². The van der Waals surface area contributed by atoms with Crippen LogP contribution in [0.2, 0.25) is 0 Å². The number of ether oxygens (including phenoxy) is 1. The molecule has 6 heteroatoms. The highest BCUT2D eigenvalue weighted by atomic mass is 16.5. The molecule has 1 aliphatic heterocycles. The molecule has 2 rings (SSSR count). The standard InChI is InChI=1S/C14H24N4O2/c1-20-9-8-18-11-13(10-16-18)17-14(19)3-2-12-4-6-15-7-5-12/h10-12,15H,2-9H2,1H3,(H,17,19). The second-order valence-corrected chi connectivity index (χ2v) is 5.27. The van der Waals surface area contributed by atoms with E-state index in [1.165, 1.54) is 12.8 Å². The predicted octanol–water partition coefficient (Wildman–Crippen LogP) is 1.25. The number of anilines is 1. The van der Waals surface area contributed by atoms with Gasteiger partial charge in [-0.1, -0.05) is 0 Å². The molecule has 2 N–H and O–H groups in total. The lowest BCUT2D eigenvalue weighted by molar-refractivity contribution is -0.116. The maximum Gasteiger partial charge on any atom is 0.224 e. The number of amides is 1. The fourth-order valence-corrected chi connectivity index (χ4v) is 2.46. The number of carbonyl (C=O) groups is 1. The molecule has 0 aromatic carbocycles. The van der Waals surface area contributed by atoms with E-state index in [9.17, 15) is 4.79 Å². The van der Waals surface area contributed by atoms with Crippen LogP contribution in [0.3, 0.4) is 0 Å². The zero-order valence-electron chi connectivity index (χ0n) is 12.1. The van der Waals surface area contributed by atoms with Crippen molar-refractivity contribution >= 4 is 11.6 Å². The average molecular weight is 280 g/mol. The van der Waals surface area contributed by atoms with Gasteiger partial charge in [0.25, 0.3) is 0 Å². The first kappa shape index (κ1) is 15.0. The summed E-state index contributed by atoms with van der Waals surface area (Å²) in [6, 6.07) is 0. The summed E-state index contributed by atoms with van der Waals surface area (Å²) in [6.07, 6.45) is 7.45. The van der Waals surface area contributed by atoms with Gasteiger partial charge in [-0.2, -0.15) is 5.10 Å². The highest BCUT2D eigenvalue weighted by Gasteiger charge is 2.14. The molecule has 1 aromatic heterocycles. The van der Waals surface area contributed by atoms with E-state index in [0.29, 0.717) is 25.5 Å². The van der Waals surface area contributed by atoms with Crippen LogP contribution in [0, 0.1) is 5.92 Å². The van der Waals surface area contributed by atoms with E-state index in [-0.39, 0.29) is 5.91 Å². The third-order valence-corrected chi connectivity index (χ3v) is 3.68. The Labute approximate surface area is 119 Å². The molecule has 2 heterocycles. The molecule has 0 aliphatic carbocycles. The van der Waals surface area contributed by atoms with Crippen molar-refractivity contribution < 1.29 is 9.53 Å². The fraction of sp³-hybridized carbons (Fsp3) is 0.714. The maximum atomic E-state index is 11.9. The van der Waals surface area contributed by atoms with Gasteiger partial charge in [0.1, 0.15) is 0 Å². The fourth-order valence-electron chi connectivity index (χ4n) is 2.46. The Bertz CT molecular complexity index is 413. The van der Waals surface area contributed by atoms with Crippen molar-refractivity contribution in [3.63, 3.8) is 0 Å². The van der Waals surface area contributed by atoms with Gasteiger partial charge in [-0.15, -0.1) is 0 Å². The Morgan fingerprint density at radius 3 is 3.10 bits per heavy atom. The van der Waals surface area contributed by atoms with Crippen LogP contribution < -0.4 is 10.6 Å². The summed E-state index contributed by atoms with van der Waals surface area (Å²) in [5.41, 5.74) is 0.761. The van der Waals surface area contributed by atoms with Crippen LogP contribution in [0.1, 0.15) is 25.7 Å². The molecule has 0 bridgehead atoms. The van der Waals surface area contributed by atoms with Gasteiger partial charge in [0.2, 0.25) is 5.91 Å². The molecule has 1 amide bonds. The normalized spacial score (nSPS) is 16.2. The van der Waals surface area contributed by atoms with E-state index < -0.39 is 0 Å². The lowest BCUT2D eigenvalue weighted by Gasteiger charge is -2.22. The van der Waals surface area contributed by atoms with Crippen molar-refractivity contribution in [1.29, 1.82) is 0 Å². The topological polar surface area (TPSA) is 68.2 Å². The number of piperidine rings is 1. The first-order chi connectivity index (χ1) is 9.78. The number of hydrogen-bond donors (Lipinski definition) is 2. The van der Waals surface area contributed by atoms with Crippen molar-refractivity contribution in [2.45, 2.75) is 32.2 Å². The number of carbonyl (C=O) groups excluding carboxylic acids is 1. The van der Waals surface area contributed by atoms with Crippen LogP contribution >= 0.6 is 0 Å². The Hall–Kier alpha value is -1.40. The summed E-state index contributed by atoms with van der Waals surface area (Å²) in [5.74, 6) is 0.765. The third kappa shape index (κ3) is 4.94. The molecule has 0 unspecified atom stereocenters. The van der Waals surface area contributed by atoms with Gasteiger partial charge in [-0.25, -0.2) is 0 Å². The average Bonchev–Trinajstić information content (AvgIpc) is 2.91. The first-order valence-corrected chi connectivity index (χ1v) is 7.30. The van der Waals surface area contributed by atoms with E-state index in [0.717, 1.165) is 25.2 Å². The minimum atomic E-state index is 0.0785. The zero-order valence-corrected chi connectivity index (χ0v) is 12.1. The van der Waals surface area contributed by atoms with E-state index >= 15 is 0 Å². The van der Waals surface area contributed by atoms with E-state index in [1.807, 2.05) is 6.20 Å². The van der Waals surface area contributed by atoms with Crippen LogP contribution in [-0.2, 0) is 16.1 Å². The molecule has 1 aliphatic rings. The number of aromatic nitrogens is 2. The van der Waals surface area contributed by atoms with Crippen LogP contribution in [0.15, 0.2) is 12.4 Å². The van der Waals surface area contributed by atoms with Gasteiger partial charge in [0.05, 0.1) is 25.0 Å². The molecule has 20 heavy (non-hydrogen) atoms. The molecule has 1 fully saturated rings. The Balaban J connectivity index is 1.69. The number of methoxy groups -OCH3 is 1. The third-order valence-electron chi connectivity index (χ3n) is 3.68. The SMILES string of the molecule is COCCn1cc(NC(=O)CCC2CCNCC2)cn1. The molecule has 0 atom stereocenters. The number of rotatable bonds is 7. The Morgan fingerprint density at radius 2 is 2.35 bits per heavy atom. The van der Waals surface area contributed by atoms with Crippen molar-refractivity contribution in [2.75, 3.05) is 32.1 Å². The molecule has 0 radical (unpaired) electrons. The van der Waals surface area contributed by atoms with Crippen LogP contribution in [0.5, 0.6) is 0 Å². The number of nitrogens with one attached hydrogen (secondary N) is 2. The molecule has 112 valence electrons. The minimum absolute atomic E-state index is 0.0785. The Kier molecular flexibility index (Phi) is 6.01. The maximum absolute atomic E-state index is 11.9. The summed E-state index contributed by atoms with van der Waals surface area (Å²) >= 11 is 0. The minimum Gasteiger partial charge on any atom is -0.383 e. The van der Waals surface area contributed by atoms with Gasteiger partial charge in [-0.3, -0.25) is 9.48 Å². The largest absolute Gasteiger partial charge is 0.383 e. The van der Waals surface area contributed by atoms with E-state index in [1.54, 1.807) is 18.0 Å². The lowest BCUT2D eigenvalue weighted by Crippen LogP contribution is -2.28. The van der Waals surface area contributed by atoms with Gasteiger partial charge < -0.3 is 15.4 Å². The lowest BCUT2D eigenvalue weighted by atomic mass is 9.93. The second kappa shape index (κ2) is 8.01. The van der Waals surface area contributed by atoms with Crippen molar-refractivity contribution in [2.24, 2.45) is 5.92 Å². The summed E-state index contributed by atoms with van der Waals surface area (Å²) in [4.78, 5) is 11.9. The highest BCUT2D eigenvalue weighted by Crippen LogP contribution is 2.18. The van der Waals surface area contributed by atoms with E-state index in [2.05, 4.69) is 15.7 Å². The summed E-state index contributed by atoms with van der Waals surface area (Å²) in [5, 5.41) is 10.4. The molecule has 0 spiro atoms. The van der Waals surface area contributed by atoms with Gasteiger partial charge in [-0.05, 0) is 38.3 Å². The van der Waals surface area contributed by atoms with Gasteiger partial charge in [0.15, 0.2) is 0 Å². The quantitative estimate of drug-likeness (QED) is 0.788. The zero-order chi connectivity index (χ0) is 14.2. The summed E-state index contributed by atoms with van der Waals surface area (Å²) in [7, 11) is 1.66. The molecular weight excluding hydrogens is 256 g/mol. The van der Waals surface area contributed by atoms with Crippen LogP contribution in [0.25, 0.3) is 0 Å². The second-order valence-electron chi connectivity index (χ2n) is 5.27. The van der Waals surface area contributed by atoms with E-state index in [4.69, 9.17) is 4.74 Å². The van der Waals surface area contributed by atoms with Crippen LogP contribution in [0.4, 0.5) is 5.69 Å².